The van der Waals surface area contributed by atoms with Gasteiger partial charge in [0.05, 0.1) is 7.11 Å². The van der Waals surface area contributed by atoms with Crippen molar-refractivity contribution in [1.29, 1.82) is 0 Å². The van der Waals surface area contributed by atoms with E-state index in [0.29, 0.717) is 5.92 Å². The van der Waals surface area contributed by atoms with Crippen molar-refractivity contribution in [3.63, 3.8) is 0 Å². The van der Waals surface area contributed by atoms with Gasteiger partial charge in [-0.1, -0.05) is 6.07 Å². The van der Waals surface area contributed by atoms with Gasteiger partial charge in [-0.3, -0.25) is 4.98 Å². The molecule has 0 spiro atoms. The Morgan fingerprint density at radius 3 is 2.62 bits per heavy atom. The average Bonchev–Trinajstić information content (AvgIpc) is 2.64. The van der Waals surface area contributed by atoms with Crippen LogP contribution in [0.1, 0.15) is 18.4 Å². The Bertz CT molecular complexity index is 650. The second-order valence-corrected chi connectivity index (χ2v) is 6.15. The van der Waals surface area contributed by atoms with Gasteiger partial charge in [0, 0.05) is 31.2 Å². The van der Waals surface area contributed by atoms with Gasteiger partial charge in [0.1, 0.15) is 5.75 Å². The minimum atomic E-state index is -0.0278. The molecule has 2 amide bonds. The Hall–Kier alpha value is -2.56. The summed E-state index contributed by atoms with van der Waals surface area (Å²) in [6.07, 6.45) is 6.84. The molecule has 0 saturated carbocycles. The number of urea groups is 1. The van der Waals surface area contributed by atoms with Crippen molar-refractivity contribution < 1.29 is 9.53 Å². The van der Waals surface area contributed by atoms with E-state index in [1.807, 2.05) is 41.4 Å². The van der Waals surface area contributed by atoms with Crippen LogP contribution >= 0.6 is 0 Å². The number of nitrogens with zero attached hydrogens (tertiary/aromatic N) is 2. The molecular formula is C19H23N3O2. The normalized spacial score (nSPS) is 15.1. The average molecular weight is 325 g/mol. The van der Waals surface area contributed by atoms with Crippen molar-refractivity contribution in [3.8, 4) is 5.75 Å². The zero-order chi connectivity index (χ0) is 16.8. The number of rotatable bonds is 4. The van der Waals surface area contributed by atoms with Crippen LogP contribution in [0, 0.1) is 5.92 Å². The van der Waals surface area contributed by atoms with E-state index >= 15 is 0 Å². The Morgan fingerprint density at radius 2 is 2.00 bits per heavy atom. The summed E-state index contributed by atoms with van der Waals surface area (Å²) < 4.78 is 5.12. The molecule has 2 heterocycles. The monoisotopic (exact) mass is 325 g/mol. The lowest BCUT2D eigenvalue weighted by molar-refractivity contribution is 0.182. The number of hydrogen-bond acceptors (Lipinski definition) is 3. The van der Waals surface area contributed by atoms with Gasteiger partial charge >= 0.3 is 6.03 Å². The van der Waals surface area contributed by atoms with Gasteiger partial charge in [-0.15, -0.1) is 0 Å². The highest BCUT2D eigenvalue weighted by Crippen LogP contribution is 2.22. The molecule has 1 aliphatic rings. The van der Waals surface area contributed by atoms with E-state index in [4.69, 9.17) is 4.74 Å². The molecule has 24 heavy (non-hydrogen) atoms. The highest BCUT2D eigenvalue weighted by atomic mass is 16.5. The summed E-state index contributed by atoms with van der Waals surface area (Å²) in [5.41, 5.74) is 2.07. The van der Waals surface area contributed by atoms with Crippen LogP contribution in [0.4, 0.5) is 10.5 Å². The third-order valence-corrected chi connectivity index (χ3v) is 4.49. The number of nitrogens with one attached hydrogen (secondary N) is 1. The van der Waals surface area contributed by atoms with Crippen molar-refractivity contribution in [2.75, 3.05) is 25.5 Å². The maximum absolute atomic E-state index is 12.4. The van der Waals surface area contributed by atoms with Crippen LogP contribution < -0.4 is 10.1 Å². The largest absolute Gasteiger partial charge is 0.497 e. The van der Waals surface area contributed by atoms with Crippen LogP contribution in [0.2, 0.25) is 0 Å². The number of hydrogen-bond donors (Lipinski definition) is 1. The first-order valence-corrected chi connectivity index (χ1v) is 8.33. The Kier molecular flexibility index (Phi) is 5.31. The molecule has 1 saturated heterocycles. The van der Waals surface area contributed by atoms with Crippen molar-refractivity contribution in [1.82, 2.24) is 9.88 Å². The number of carbonyl (C=O) groups excluding carboxylic acids is 1. The molecule has 1 aromatic carbocycles. The lowest BCUT2D eigenvalue weighted by Crippen LogP contribution is -2.41. The standard InChI is InChI=1S/C19H23N3O2/c1-24-18-6-4-17(5-7-18)21-19(23)22-11-8-15(9-12-22)13-16-3-2-10-20-14-16/h2-7,10,14-15H,8-9,11-13H2,1H3,(H,21,23). The second-order valence-electron chi connectivity index (χ2n) is 6.15. The molecule has 0 unspecified atom stereocenters. The SMILES string of the molecule is COc1ccc(NC(=O)N2CCC(Cc3cccnc3)CC2)cc1. The van der Waals surface area contributed by atoms with Crippen LogP contribution in [0.25, 0.3) is 0 Å². The lowest BCUT2D eigenvalue weighted by Gasteiger charge is -2.32. The highest BCUT2D eigenvalue weighted by molar-refractivity contribution is 5.89. The van der Waals surface area contributed by atoms with Crippen molar-refractivity contribution >= 4 is 11.7 Å². The molecule has 1 aromatic heterocycles. The van der Waals surface area contributed by atoms with Gasteiger partial charge < -0.3 is 15.0 Å². The smallest absolute Gasteiger partial charge is 0.321 e. The molecule has 0 bridgehead atoms. The summed E-state index contributed by atoms with van der Waals surface area (Å²) >= 11 is 0. The van der Waals surface area contributed by atoms with Crippen LogP contribution in [0.5, 0.6) is 5.75 Å². The first-order valence-electron chi connectivity index (χ1n) is 8.33. The van der Waals surface area contributed by atoms with Gasteiger partial charge in [0.2, 0.25) is 0 Å². The van der Waals surface area contributed by atoms with Gasteiger partial charge in [-0.2, -0.15) is 0 Å². The predicted molar refractivity (Wildman–Crippen MR) is 94.3 cm³/mol. The first-order chi connectivity index (χ1) is 11.7. The summed E-state index contributed by atoms with van der Waals surface area (Å²) in [6.45, 7) is 1.60. The molecule has 5 heteroatoms. The van der Waals surface area contributed by atoms with Gasteiger partial charge in [-0.05, 0) is 61.1 Å². The third-order valence-electron chi connectivity index (χ3n) is 4.49. The molecule has 0 aliphatic carbocycles. The molecule has 1 aliphatic heterocycles. The Balaban J connectivity index is 1.47. The fourth-order valence-electron chi connectivity index (χ4n) is 3.07. The molecule has 0 atom stereocenters. The predicted octanol–water partition coefficient (Wildman–Crippen LogP) is 3.58. The van der Waals surface area contributed by atoms with Crippen molar-refractivity contribution in [3.05, 3.63) is 54.4 Å². The Morgan fingerprint density at radius 1 is 1.25 bits per heavy atom. The van der Waals surface area contributed by atoms with Crippen LogP contribution in [0.15, 0.2) is 48.8 Å². The number of aromatic nitrogens is 1. The number of carbonyl (C=O) groups is 1. The lowest BCUT2D eigenvalue weighted by atomic mass is 9.91. The summed E-state index contributed by atoms with van der Waals surface area (Å²) in [4.78, 5) is 18.4. The minimum absolute atomic E-state index is 0.0278. The molecule has 2 aromatic rings. The molecule has 1 fully saturated rings. The molecule has 3 rings (SSSR count). The van der Waals surface area contributed by atoms with Crippen LogP contribution in [-0.2, 0) is 6.42 Å². The fraction of sp³-hybridized carbons (Fsp3) is 0.368. The minimum Gasteiger partial charge on any atom is -0.497 e. The van der Waals surface area contributed by atoms with E-state index in [1.165, 1.54) is 5.56 Å². The quantitative estimate of drug-likeness (QED) is 0.935. The maximum atomic E-state index is 12.4. The van der Waals surface area contributed by atoms with Crippen LogP contribution in [-0.4, -0.2) is 36.1 Å². The second kappa shape index (κ2) is 7.81. The van der Waals surface area contributed by atoms with E-state index in [9.17, 15) is 4.79 Å². The van der Waals surface area contributed by atoms with Crippen molar-refractivity contribution in [2.24, 2.45) is 5.92 Å². The van der Waals surface area contributed by atoms with Gasteiger partial charge in [0.15, 0.2) is 0 Å². The zero-order valence-corrected chi connectivity index (χ0v) is 13.9. The summed E-state index contributed by atoms with van der Waals surface area (Å²) in [5.74, 6) is 1.41. The molecule has 0 radical (unpaired) electrons. The highest BCUT2D eigenvalue weighted by Gasteiger charge is 2.23. The number of anilines is 1. The molecule has 126 valence electrons. The fourth-order valence-corrected chi connectivity index (χ4v) is 3.07. The zero-order valence-electron chi connectivity index (χ0n) is 13.9. The Labute approximate surface area is 142 Å². The summed E-state index contributed by atoms with van der Waals surface area (Å²) in [7, 11) is 1.63. The number of ether oxygens (including phenoxy) is 1. The number of methoxy groups -OCH3 is 1. The van der Waals surface area contributed by atoms with E-state index < -0.39 is 0 Å². The first kappa shape index (κ1) is 16.3. The van der Waals surface area contributed by atoms with E-state index in [2.05, 4.69) is 16.4 Å². The number of benzene rings is 1. The number of pyridine rings is 1. The number of amides is 2. The molecule has 1 N–H and O–H groups in total. The number of piperidine rings is 1. The van der Waals surface area contributed by atoms with Gasteiger partial charge in [-0.25, -0.2) is 4.79 Å². The summed E-state index contributed by atoms with van der Waals surface area (Å²) in [5, 5.41) is 2.95. The topological polar surface area (TPSA) is 54.5 Å². The van der Waals surface area contributed by atoms with Crippen molar-refractivity contribution in [2.45, 2.75) is 19.3 Å². The maximum Gasteiger partial charge on any atom is 0.321 e. The number of likely N-dealkylation sites (tertiary alicyclic amines) is 1. The van der Waals surface area contributed by atoms with E-state index in [0.717, 1.165) is 43.8 Å². The molecule has 5 nitrogen and oxygen atoms in total. The summed E-state index contributed by atoms with van der Waals surface area (Å²) in [6, 6.07) is 11.5. The van der Waals surface area contributed by atoms with E-state index in [-0.39, 0.29) is 6.03 Å². The third kappa shape index (κ3) is 4.25. The molecular weight excluding hydrogens is 302 g/mol. The van der Waals surface area contributed by atoms with Gasteiger partial charge in [0.25, 0.3) is 0 Å². The van der Waals surface area contributed by atoms with Crippen LogP contribution in [0.3, 0.4) is 0 Å². The van der Waals surface area contributed by atoms with E-state index in [1.54, 1.807) is 13.3 Å².